The van der Waals surface area contributed by atoms with Crippen molar-refractivity contribution in [3.05, 3.63) is 24.3 Å². The average Bonchev–Trinajstić information content (AvgIpc) is 2.46. The zero-order valence-corrected chi connectivity index (χ0v) is 13.6. The van der Waals surface area contributed by atoms with E-state index in [4.69, 9.17) is 0 Å². The average molecular weight is 311 g/mol. The number of hydrogen-bond acceptors (Lipinski definition) is 4. The zero-order chi connectivity index (χ0) is 15.3. The normalized spacial score (nSPS) is 19.2. The van der Waals surface area contributed by atoms with E-state index in [1.54, 1.807) is 6.07 Å². The van der Waals surface area contributed by atoms with Crippen LogP contribution in [0, 0.1) is 0 Å². The summed E-state index contributed by atoms with van der Waals surface area (Å²) in [5.74, 6) is 0.164. The highest BCUT2D eigenvalue weighted by atomic mass is 32.2. The van der Waals surface area contributed by atoms with Crippen LogP contribution in [0.15, 0.2) is 24.3 Å². The molecule has 2 rings (SSSR count). The van der Waals surface area contributed by atoms with E-state index >= 15 is 0 Å². The van der Waals surface area contributed by atoms with E-state index in [1.807, 2.05) is 37.2 Å². The second-order valence-electron chi connectivity index (χ2n) is 5.80. The molecule has 118 valence electrons. The van der Waals surface area contributed by atoms with Crippen LogP contribution in [-0.2, 0) is 10.0 Å². The van der Waals surface area contributed by atoms with Crippen LogP contribution in [0.3, 0.4) is 0 Å². The van der Waals surface area contributed by atoms with E-state index in [9.17, 15) is 8.42 Å². The third-order valence-corrected chi connectivity index (χ3v) is 5.10. The van der Waals surface area contributed by atoms with Crippen LogP contribution in [0.4, 0.5) is 11.4 Å². The first-order valence-corrected chi connectivity index (χ1v) is 9.13. The van der Waals surface area contributed by atoms with Gasteiger partial charge in [-0.3, -0.25) is 4.72 Å². The van der Waals surface area contributed by atoms with Crippen LogP contribution in [0.1, 0.15) is 25.7 Å². The molecular weight excluding hydrogens is 286 g/mol. The number of sulfonamides is 1. The van der Waals surface area contributed by atoms with Crippen LogP contribution >= 0.6 is 0 Å². The van der Waals surface area contributed by atoms with Gasteiger partial charge in [-0.2, -0.15) is 0 Å². The molecule has 1 unspecified atom stereocenters. The highest BCUT2D eigenvalue weighted by Gasteiger charge is 2.17. The fraction of sp³-hybridized carbons (Fsp3) is 0.600. The Morgan fingerprint density at radius 3 is 2.81 bits per heavy atom. The number of nitrogens with zero attached hydrogens (tertiary/aromatic N) is 1. The van der Waals surface area contributed by atoms with Crippen LogP contribution in [-0.4, -0.2) is 40.9 Å². The predicted octanol–water partition coefficient (Wildman–Crippen LogP) is 2.03. The molecule has 0 radical (unpaired) electrons. The minimum atomic E-state index is -3.28. The molecule has 5 nitrogen and oxygen atoms in total. The van der Waals surface area contributed by atoms with Crippen LogP contribution < -0.4 is 14.9 Å². The molecule has 1 fully saturated rings. The third-order valence-electron chi connectivity index (χ3n) is 3.78. The van der Waals surface area contributed by atoms with Crippen molar-refractivity contribution in [1.82, 2.24) is 5.32 Å². The predicted molar refractivity (Wildman–Crippen MR) is 88.4 cm³/mol. The van der Waals surface area contributed by atoms with Gasteiger partial charge in [0.25, 0.3) is 0 Å². The van der Waals surface area contributed by atoms with Crippen LogP contribution in [0.5, 0.6) is 0 Å². The van der Waals surface area contributed by atoms with Gasteiger partial charge in [-0.1, -0.05) is 12.5 Å². The molecule has 0 bridgehead atoms. The molecule has 6 heteroatoms. The Morgan fingerprint density at radius 1 is 1.33 bits per heavy atom. The van der Waals surface area contributed by atoms with Crippen molar-refractivity contribution in [3.63, 3.8) is 0 Å². The first-order valence-electron chi connectivity index (χ1n) is 7.47. The first-order chi connectivity index (χ1) is 9.96. The minimum Gasteiger partial charge on any atom is -0.378 e. The second-order valence-corrected chi connectivity index (χ2v) is 7.64. The Morgan fingerprint density at radius 2 is 2.14 bits per heavy atom. The molecule has 1 aliphatic heterocycles. The Bertz CT molecular complexity index is 552. The fourth-order valence-electron chi connectivity index (χ4n) is 2.55. The van der Waals surface area contributed by atoms with Gasteiger partial charge in [-0.25, -0.2) is 8.42 Å². The van der Waals surface area contributed by atoms with Gasteiger partial charge in [-0.15, -0.1) is 0 Å². The summed E-state index contributed by atoms with van der Waals surface area (Å²) in [7, 11) is 0.581. The first kappa shape index (κ1) is 16.1. The zero-order valence-electron chi connectivity index (χ0n) is 12.8. The quantitative estimate of drug-likeness (QED) is 0.844. The number of anilines is 2. The van der Waals surface area contributed by atoms with Gasteiger partial charge < -0.3 is 10.2 Å². The highest BCUT2D eigenvalue weighted by molar-refractivity contribution is 7.92. The van der Waals surface area contributed by atoms with Crippen molar-refractivity contribution in [2.45, 2.75) is 31.7 Å². The van der Waals surface area contributed by atoms with Crippen LogP contribution in [0.2, 0.25) is 0 Å². The lowest BCUT2D eigenvalue weighted by atomic mass is 10.0. The smallest absolute Gasteiger partial charge is 0.232 e. The van der Waals surface area contributed by atoms with Gasteiger partial charge in [0.2, 0.25) is 10.0 Å². The molecule has 1 aromatic rings. The molecule has 0 saturated carbocycles. The van der Waals surface area contributed by atoms with Gasteiger partial charge in [0.15, 0.2) is 0 Å². The van der Waals surface area contributed by atoms with E-state index in [0.717, 1.165) is 18.7 Å². The lowest BCUT2D eigenvalue weighted by molar-refractivity contribution is 0.393. The second kappa shape index (κ2) is 7.13. The maximum absolute atomic E-state index is 12.2. The van der Waals surface area contributed by atoms with Crippen LogP contribution in [0.25, 0.3) is 0 Å². The summed E-state index contributed by atoms with van der Waals surface area (Å²) in [6, 6.07) is 7.77. The number of rotatable bonds is 6. The van der Waals surface area contributed by atoms with E-state index in [2.05, 4.69) is 10.0 Å². The summed E-state index contributed by atoms with van der Waals surface area (Å²) in [4.78, 5) is 1.95. The number of nitrogens with one attached hydrogen (secondary N) is 2. The maximum Gasteiger partial charge on any atom is 0.232 e. The fourth-order valence-corrected chi connectivity index (χ4v) is 3.73. The Hall–Kier alpha value is -1.27. The summed E-state index contributed by atoms with van der Waals surface area (Å²) in [5, 5.41) is 3.38. The lowest BCUT2D eigenvalue weighted by Crippen LogP contribution is -2.36. The highest BCUT2D eigenvalue weighted by Crippen LogP contribution is 2.19. The third kappa shape index (κ3) is 5.21. The number of benzene rings is 1. The Kier molecular flexibility index (Phi) is 5.47. The molecule has 0 aromatic heterocycles. The molecule has 0 spiro atoms. The molecule has 1 aromatic carbocycles. The van der Waals surface area contributed by atoms with Crippen molar-refractivity contribution >= 4 is 21.4 Å². The molecule has 0 amide bonds. The molecular formula is C15H25N3O2S. The monoisotopic (exact) mass is 311 g/mol. The van der Waals surface area contributed by atoms with Gasteiger partial charge in [0, 0.05) is 25.8 Å². The minimum absolute atomic E-state index is 0.164. The lowest BCUT2D eigenvalue weighted by Gasteiger charge is -2.23. The molecule has 0 aliphatic carbocycles. The van der Waals surface area contributed by atoms with E-state index in [1.165, 1.54) is 12.8 Å². The van der Waals surface area contributed by atoms with Crippen molar-refractivity contribution in [2.24, 2.45) is 0 Å². The van der Waals surface area contributed by atoms with E-state index < -0.39 is 10.0 Å². The molecule has 1 atom stereocenters. The Balaban J connectivity index is 1.92. The molecule has 21 heavy (non-hydrogen) atoms. The SMILES string of the molecule is CN(C)c1cccc(NS(=O)(=O)CCC2CCCCN2)c1. The van der Waals surface area contributed by atoms with E-state index in [0.29, 0.717) is 18.2 Å². The summed E-state index contributed by atoms with van der Waals surface area (Å²) in [6.45, 7) is 1.00. The molecule has 1 saturated heterocycles. The number of piperidine rings is 1. The topological polar surface area (TPSA) is 61.4 Å². The number of hydrogen-bond donors (Lipinski definition) is 2. The molecule has 1 aliphatic rings. The van der Waals surface area contributed by atoms with Gasteiger partial charge in [-0.05, 0) is 44.0 Å². The van der Waals surface area contributed by atoms with Crippen molar-refractivity contribution in [3.8, 4) is 0 Å². The van der Waals surface area contributed by atoms with Gasteiger partial charge in [0.05, 0.1) is 11.4 Å². The van der Waals surface area contributed by atoms with Crippen molar-refractivity contribution in [1.29, 1.82) is 0 Å². The van der Waals surface area contributed by atoms with Gasteiger partial charge in [0.1, 0.15) is 0 Å². The van der Waals surface area contributed by atoms with E-state index in [-0.39, 0.29) is 5.75 Å². The largest absolute Gasteiger partial charge is 0.378 e. The summed E-state index contributed by atoms with van der Waals surface area (Å²) in [5.41, 5.74) is 1.60. The Labute approximate surface area is 127 Å². The molecule has 2 N–H and O–H groups in total. The molecule has 1 heterocycles. The maximum atomic E-state index is 12.2. The summed E-state index contributed by atoms with van der Waals surface area (Å²) >= 11 is 0. The summed E-state index contributed by atoms with van der Waals surface area (Å²) < 4.78 is 27.0. The van der Waals surface area contributed by atoms with Gasteiger partial charge >= 0.3 is 0 Å². The standard InChI is InChI=1S/C15H25N3O2S/c1-18(2)15-8-5-7-14(12-15)17-21(19,20)11-9-13-6-3-4-10-16-13/h5,7-8,12-13,16-17H,3-4,6,9-11H2,1-2H3. The summed E-state index contributed by atoms with van der Waals surface area (Å²) in [6.07, 6.45) is 4.13. The van der Waals surface area contributed by atoms with Crippen molar-refractivity contribution < 1.29 is 8.42 Å². The van der Waals surface area contributed by atoms with Crippen molar-refractivity contribution in [2.75, 3.05) is 36.0 Å².